The van der Waals surface area contributed by atoms with Crippen molar-refractivity contribution in [2.24, 2.45) is 5.84 Å². The van der Waals surface area contributed by atoms with Crippen LogP contribution in [0.15, 0.2) is 30.9 Å². The summed E-state index contributed by atoms with van der Waals surface area (Å²) in [5.41, 5.74) is 3.35. The van der Waals surface area contributed by atoms with Crippen LogP contribution in [-0.4, -0.2) is 11.0 Å². The van der Waals surface area contributed by atoms with E-state index in [2.05, 4.69) is 12.0 Å². The van der Waals surface area contributed by atoms with E-state index in [1.54, 1.807) is 12.1 Å². The van der Waals surface area contributed by atoms with Crippen molar-refractivity contribution < 1.29 is 9.90 Å². The zero-order chi connectivity index (χ0) is 16.9. The van der Waals surface area contributed by atoms with Crippen molar-refractivity contribution in [2.75, 3.05) is 0 Å². The standard InChI is InChI=1S/C19H30N2O2/c1-2-3-4-5-6-7-8-9-10-11-12-16-13-14-18(22)17(15-16)19(23)21-20/h2,13-15,22H,1,3-12,20H2,(H,21,23). The number of allylic oxidation sites excluding steroid dienone is 1. The van der Waals surface area contributed by atoms with E-state index in [0.717, 1.165) is 24.8 Å². The van der Waals surface area contributed by atoms with Gasteiger partial charge in [-0.3, -0.25) is 10.2 Å². The second-order valence-electron chi connectivity index (χ2n) is 5.98. The smallest absolute Gasteiger partial charge is 0.268 e. The number of nitrogen functional groups attached to an aromatic ring is 1. The number of aromatic hydroxyl groups is 1. The lowest BCUT2D eigenvalue weighted by molar-refractivity contribution is 0.0951. The Labute approximate surface area is 139 Å². The average Bonchev–Trinajstić information content (AvgIpc) is 2.57. The maximum Gasteiger partial charge on any atom is 0.268 e. The first-order chi connectivity index (χ1) is 11.2. The van der Waals surface area contributed by atoms with E-state index in [-0.39, 0.29) is 11.3 Å². The summed E-state index contributed by atoms with van der Waals surface area (Å²) in [5.74, 6) is 4.62. The number of hydrogen-bond donors (Lipinski definition) is 3. The number of hydrogen-bond acceptors (Lipinski definition) is 3. The Balaban J connectivity index is 2.16. The zero-order valence-electron chi connectivity index (χ0n) is 14.0. The molecule has 0 aliphatic heterocycles. The summed E-state index contributed by atoms with van der Waals surface area (Å²) in [6.45, 7) is 3.74. The molecule has 0 heterocycles. The second-order valence-corrected chi connectivity index (χ2v) is 5.98. The van der Waals surface area contributed by atoms with Crippen LogP contribution in [0.3, 0.4) is 0 Å². The molecule has 0 atom stereocenters. The largest absolute Gasteiger partial charge is 0.507 e. The number of nitrogens with two attached hydrogens (primary N) is 1. The molecular formula is C19H30N2O2. The van der Waals surface area contributed by atoms with E-state index < -0.39 is 5.91 Å². The highest BCUT2D eigenvalue weighted by Crippen LogP contribution is 2.20. The molecule has 0 aliphatic rings. The fourth-order valence-corrected chi connectivity index (χ4v) is 2.68. The number of phenolic OH excluding ortho intramolecular Hbond substituents is 1. The maximum atomic E-state index is 11.5. The first-order valence-electron chi connectivity index (χ1n) is 8.62. The molecular weight excluding hydrogens is 288 g/mol. The Hall–Kier alpha value is -1.81. The Morgan fingerprint density at radius 1 is 1.09 bits per heavy atom. The Morgan fingerprint density at radius 2 is 1.70 bits per heavy atom. The van der Waals surface area contributed by atoms with Crippen molar-refractivity contribution in [3.05, 3.63) is 42.0 Å². The van der Waals surface area contributed by atoms with E-state index in [4.69, 9.17) is 5.84 Å². The van der Waals surface area contributed by atoms with Gasteiger partial charge in [0.25, 0.3) is 5.91 Å². The van der Waals surface area contributed by atoms with Crippen molar-refractivity contribution in [1.29, 1.82) is 0 Å². The second kappa shape index (κ2) is 11.7. The third kappa shape index (κ3) is 7.84. The molecule has 0 radical (unpaired) electrons. The quantitative estimate of drug-likeness (QED) is 0.177. The molecule has 1 rings (SSSR count). The first kappa shape index (κ1) is 19.2. The number of carbonyl (C=O) groups is 1. The van der Waals surface area contributed by atoms with Crippen LogP contribution in [0.2, 0.25) is 0 Å². The van der Waals surface area contributed by atoms with Gasteiger partial charge in [-0.2, -0.15) is 0 Å². The molecule has 0 aromatic heterocycles. The number of nitrogens with one attached hydrogen (secondary N) is 1. The number of aryl methyl sites for hydroxylation is 1. The summed E-state index contributed by atoms with van der Waals surface area (Å²) in [6.07, 6.45) is 14.1. The average molecular weight is 318 g/mol. The molecule has 4 heteroatoms. The summed E-state index contributed by atoms with van der Waals surface area (Å²) in [7, 11) is 0. The summed E-state index contributed by atoms with van der Waals surface area (Å²) < 4.78 is 0. The van der Waals surface area contributed by atoms with Gasteiger partial charge in [0, 0.05) is 0 Å². The van der Waals surface area contributed by atoms with Crippen LogP contribution in [0.5, 0.6) is 5.75 Å². The fraction of sp³-hybridized carbons (Fsp3) is 0.526. The minimum atomic E-state index is -0.458. The van der Waals surface area contributed by atoms with Crippen LogP contribution in [0.4, 0.5) is 0 Å². The monoisotopic (exact) mass is 318 g/mol. The van der Waals surface area contributed by atoms with Gasteiger partial charge >= 0.3 is 0 Å². The zero-order valence-corrected chi connectivity index (χ0v) is 14.0. The molecule has 23 heavy (non-hydrogen) atoms. The highest BCUT2D eigenvalue weighted by Gasteiger charge is 2.10. The van der Waals surface area contributed by atoms with Crippen molar-refractivity contribution in [2.45, 2.75) is 64.2 Å². The van der Waals surface area contributed by atoms with E-state index in [0.29, 0.717) is 0 Å². The van der Waals surface area contributed by atoms with Crippen LogP contribution >= 0.6 is 0 Å². The molecule has 0 spiro atoms. The normalized spacial score (nSPS) is 10.5. The molecule has 128 valence electrons. The van der Waals surface area contributed by atoms with Gasteiger partial charge in [0.2, 0.25) is 0 Å². The van der Waals surface area contributed by atoms with Gasteiger partial charge in [0.1, 0.15) is 5.75 Å². The lowest BCUT2D eigenvalue weighted by Gasteiger charge is -2.07. The van der Waals surface area contributed by atoms with E-state index in [1.165, 1.54) is 44.9 Å². The van der Waals surface area contributed by atoms with Crippen molar-refractivity contribution in [3.63, 3.8) is 0 Å². The van der Waals surface area contributed by atoms with Crippen LogP contribution in [-0.2, 0) is 6.42 Å². The molecule has 0 fully saturated rings. The summed E-state index contributed by atoms with van der Waals surface area (Å²) in [4.78, 5) is 11.5. The van der Waals surface area contributed by atoms with Crippen molar-refractivity contribution >= 4 is 5.91 Å². The van der Waals surface area contributed by atoms with Crippen LogP contribution in [0.25, 0.3) is 0 Å². The predicted octanol–water partition coefficient (Wildman–Crippen LogP) is 4.24. The highest BCUT2D eigenvalue weighted by atomic mass is 16.3. The van der Waals surface area contributed by atoms with Gasteiger partial charge in [-0.25, -0.2) is 5.84 Å². The molecule has 0 bridgehead atoms. The number of phenols is 1. The summed E-state index contributed by atoms with van der Waals surface area (Å²) in [5, 5.41) is 9.66. The molecule has 1 amide bonds. The maximum absolute atomic E-state index is 11.5. The van der Waals surface area contributed by atoms with Gasteiger partial charge in [-0.1, -0.05) is 50.7 Å². The summed E-state index contributed by atoms with van der Waals surface area (Å²) >= 11 is 0. The minimum absolute atomic E-state index is 0.0341. The lowest BCUT2D eigenvalue weighted by atomic mass is 10.0. The minimum Gasteiger partial charge on any atom is -0.507 e. The number of carbonyl (C=O) groups excluding carboxylic acids is 1. The molecule has 0 saturated carbocycles. The van der Waals surface area contributed by atoms with E-state index >= 15 is 0 Å². The third-order valence-electron chi connectivity index (χ3n) is 4.06. The van der Waals surface area contributed by atoms with E-state index in [1.807, 2.05) is 12.1 Å². The molecule has 4 nitrogen and oxygen atoms in total. The van der Waals surface area contributed by atoms with Gasteiger partial charge in [0.05, 0.1) is 5.56 Å². The Kier molecular flexibility index (Phi) is 9.80. The predicted molar refractivity (Wildman–Crippen MR) is 95.2 cm³/mol. The lowest BCUT2D eigenvalue weighted by Crippen LogP contribution is -2.30. The van der Waals surface area contributed by atoms with Crippen LogP contribution < -0.4 is 11.3 Å². The fourth-order valence-electron chi connectivity index (χ4n) is 2.68. The molecule has 1 aromatic rings. The first-order valence-corrected chi connectivity index (χ1v) is 8.62. The number of unbranched alkanes of at least 4 members (excludes halogenated alkanes) is 8. The molecule has 0 aliphatic carbocycles. The molecule has 0 unspecified atom stereocenters. The number of benzene rings is 1. The van der Waals surface area contributed by atoms with Gasteiger partial charge in [-0.05, 0) is 43.4 Å². The third-order valence-corrected chi connectivity index (χ3v) is 4.06. The van der Waals surface area contributed by atoms with Crippen molar-refractivity contribution in [3.8, 4) is 5.75 Å². The Bertz CT molecular complexity index is 486. The van der Waals surface area contributed by atoms with Crippen molar-refractivity contribution in [1.82, 2.24) is 5.43 Å². The van der Waals surface area contributed by atoms with Gasteiger partial charge in [-0.15, -0.1) is 6.58 Å². The molecule has 4 N–H and O–H groups in total. The number of amides is 1. The van der Waals surface area contributed by atoms with Gasteiger partial charge in [0.15, 0.2) is 0 Å². The summed E-state index contributed by atoms with van der Waals surface area (Å²) in [6, 6.07) is 5.14. The van der Waals surface area contributed by atoms with Crippen LogP contribution in [0.1, 0.15) is 73.7 Å². The number of rotatable bonds is 12. The highest BCUT2D eigenvalue weighted by molar-refractivity contribution is 5.96. The molecule has 0 saturated heterocycles. The topological polar surface area (TPSA) is 75.3 Å². The molecule has 1 aromatic carbocycles. The number of hydrazine groups is 1. The van der Waals surface area contributed by atoms with E-state index in [9.17, 15) is 9.90 Å². The SMILES string of the molecule is C=CCCCCCCCCCCc1ccc(O)c(C(=O)NN)c1. The Morgan fingerprint density at radius 3 is 2.30 bits per heavy atom. The van der Waals surface area contributed by atoms with Gasteiger partial charge < -0.3 is 5.11 Å². The van der Waals surface area contributed by atoms with Crippen LogP contribution in [0, 0.1) is 0 Å².